The summed E-state index contributed by atoms with van der Waals surface area (Å²) in [5.74, 6) is 0. The summed E-state index contributed by atoms with van der Waals surface area (Å²) in [6.45, 7) is 4.93. The fraction of sp³-hybridized carbons (Fsp3) is 0.120. The van der Waals surface area contributed by atoms with E-state index in [0.717, 1.165) is 24.2 Å². The van der Waals surface area contributed by atoms with Crippen molar-refractivity contribution in [1.82, 2.24) is 0 Å². The van der Waals surface area contributed by atoms with E-state index in [1.54, 1.807) is 0 Å². The van der Waals surface area contributed by atoms with Crippen LogP contribution in [0.15, 0.2) is 182 Å². The van der Waals surface area contributed by atoms with Gasteiger partial charge in [0.2, 0.25) is 0 Å². The van der Waals surface area contributed by atoms with Crippen LogP contribution in [0.2, 0.25) is 0 Å². The normalized spacial score (nSPS) is 17.7. The van der Waals surface area contributed by atoms with Gasteiger partial charge in [-0.25, -0.2) is 0 Å². The molecule has 0 spiro atoms. The number of para-hydroxylation sites is 2. The summed E-state index contributed by atoms with van der Waals surface area (Å²) in [4.78, 5) is 2.41. The molecule has 3 aliphatic carbocycles. The van der Waals surface area contributed by atoms with Crippen LogP contribution in [0.4, 0.5) is 17.1 Å². The fourth-order valence-electron chi connectivity index (χ4n) is 9.66. The lowest BCUT2D eigenvalue weighted by molar-refractivity contribution is 0.618. The molecule has 0 saturated carbocycles. The molecule has 0 aliphatic heterocycles. The first-order chi connectivity index (χ1) is 25.1. The summed E-state index contributed by atoms with van der Waals surface area (Å²) in [7, 11) is 0. The molecule has 1 atom stereocenters. The van der Waals surface area contributed by atoms with Gasteiger partial charge in [0.25, 0.3) is 0 Å². The largest absolute Gasteiger partial charge is 0.310 e. The number of allylic oxidation sites excluding steroid dienone is 4. The predicted molar refractivity (Wildman–Crippen MR) is 214 cm³/mol. The van der Waals surface area contributed by atoms with Gasteiger partial charge in [0, 0.05) is 22.2 Å². The Hall–Kier alpha value is -5.92. The van der Waals surface area contributed by atoms with Gasteiger partial charge in [-0.05, 0) is 104 Å². The van der Waals surface area contributed by atoms with Crippen molar-refractivity contribution in [3.63, 3.8) is 0 Å². The zero-order valence-corrected chi connectivity index (χ0v) is 29.1. The molecule has 0 fully saturated rings. The lowest BCUT2D eigenvalue weighted by atomic mass is 9.59. The van der Waals surface area contributed by atoms with Crippen molar-refractivity contribution in [1.29, 1.82) is 0 Å². The molecule has 1 nitrogen and oxygen atoms in total. The maximum Gasteiger partial charge on any atom is 0.0713 e. The average Bonchev–Trinajstić information content (AvgIpc) is 3.50. The molecule has 0 bridgehead atoms. The van der Waals surface area contributed by atoms with Crippen LogP contribution in [0.1, 0.15) is 54.5 Å². The first-order valence-corrected chi connectivity index (χ1v) is 18.3. The second-order valence-electron chi connectivity index (χ2n) is 14.7. The van der Waals surface area contributed by atoms with Gasteiger partial charge < -0.3 is 4.90 Å². The topological polar surface area (TPSA) is 3.24 Å². The van der Waals surface area contributed by atoms with Crippen LogP contribution < -0.4 is 4.90 Å². The number of hydrogen-bond acceptors (Lipinski definition) is 1. The second-order valence-corrected chi connectivity index (χ2v) is 14.7. The van der Waals surface area contributed by atoms with Crippen LogP contribution >= 0.6 is 0 Å². The van der Waals surface area contributed by atoms with Gasteiger partial charge in [0.05, 0.1) is 11.1 Å². The molecule has 1 unspecified atom stereocenters. The highest BCUT2D eigenvalue weighted by Crippen LogP contribution is 2.63. The minimum Gasteiger partial charge on any atom is -0.310 e. The summed E-state index contributed by atoms with van der Waals surface area (Å²) in [5.41, 5.74) is 16.5. The van der Waals surface area contributed by atoms with Crippen molar-refractivity contribution in [3.8, 4) is 22.3 Å². The van der Waals surface area contributed by atoms with Crippen LogP contribution in [-0.2, 0) is 10.8 Å². The number of anilines is 3. The third-order valence-electron chi connectivity index (χ3n) is 11.7. The smallest absolute Gasteiger partial charge is 0.0713 e. The van der Waals surface area contributed by atoms with E-state index in [1.807, 2.05) is 0 Å². The SMILES string of the molecule is CC1(C)c2c(ccc3c2C(C2=CCCC=C2)(c2ccccc2)c2ccccc2-3)-c2ccc(N(c3ccccc3)c3ccccc3)c3cccc1c23. The van der Waals surface area contributed by atoms with E-state index in [4.69, 9.17) is 0 Å². The molecule has 0 aromatic heterocycles. The van der Waals surface area contributed by atoms with Gasteiger partial charge in [0.15, 0.2) is 0 Å². The van der Waals surface area contributed by atoms with E-state index in [1.165, 1.54) is 72.1 Å². The number of hydrogen-bond donors (Lipinski definition) is 0. The molecule has 7 aromatic rings. The molecular weight excluding hydrogens is 615 g/mol. The number of nitrogens with zero attached hydrogens (tertiary/aromatic N) is 1. The zero-order valence-electron chi connectivity index (χ0n) is 29.1. The first kappa shape index (κ1) is 29.9. The van der Waals surface area contributed by atoms with Crippen molar-refractivity contribution >= 4 is 27.8 Å². The second kappa shape index (κ2) is 11.3. The Morgan fingerprint density at radius 2 is 1.10 bits per heavy atom. The van der Waals surface area contributed by atoms with E-state index >= 15 is 0 Å². The molecule has 7 aromatic carbocycles. The highest BCUT2D eigenvalue weighted by Gasteiger charge is 2.51. The molecule has 1 heteroatoms. The van der Waals surface area contributed by atoms with Crippen molar-refractivity contribution in [3.05, 3.63) is 209 Å². The Morgan fingerprint density at radius 1 is 0.490 bits per heavy atom. The maximum atomic E-state index is 2.51. The summed E-state index contributed by atoms with van der Waals surface area (Å²) in [5, 5.41) is 2.62. The van der Waals surface area contributed by atoms with Crippen molar-refractivity contribution < 1.29 is 0 Å². The van der Waals surface area contributed by atoms with E-state index in [9.17, 15) is 0 Å². The van der Waals surface area contributed by atoms with E-state index < -0.39 is 5.41 Å². The summed E-state index contributed by atoms with van der Waals surface area (Å²) >= 11 is 0. The van der Waals surface area contributed by atoms with E-state index in [-0.39, 0.29) is 5.41 Å². The van der Waals surface area contributed by atoms with Gasteiger partial charge >= 0.3 is 0 Å². The van der Waals surface area contributed by atoms with Gasteiger partial charge in [-0.2, -0.15) is 0 Å². The Balaban J connectivity index is 1.30. The molecule has 0 amide bonds. The van der Waals surface area contributed by atoms with Gasteiger partial charge in [-0.15, -0.1) is 0 Å². The van der Waals surface area contributed by atoms with E-state index in [0.29, 0.717) is 0 Å². The van der Waals surface area contributed by atoms with Crippen LogP contribution in [0, 0.1) is 0 Å². The minimum atomic E-state index is -0.421. The van der Waals surface area contributed by atoms with Crippen LogP contribution in [-0.4, -0.2) is 0 Å². The molecule has 0 radical (unpaired) electrons. The predicted octanol–water partition coefficient (Wildman–Crippen LogP) is 13.2. The summed E-state index contributed by atoms with van der Waals surface area (Å²) < 4.78 is 0. The molecule has 3 aliphatic rings. The molecule has 0 N–H and O–H groups in total. The number of fused-ring (bicyclic) bond motifs is 6. The molecule has 10 rings (SSSR count). The summed E-state index contributed by atoms with van der Waals surface area (Å²) in [6, 6.07) is 58.6. The zero-order chi connectivity index (χ0) is 34.2. The Morgan fingerprint density at radius 3 is 1.78 bits per heavy atom. The first-order valence-electron chi connectivity index (χ1n) is 18.3. The van der Waals surface area contributed by atoms with Gasteiger partial charge in [-0.3, -0.25) is 0 Å². The minimum absolute atomic E-state index is 0.281. The van der Waals surface area contributed by atoms with Gasteiger partial charge in [0.1, 0.15) is 0 Å². The van der Waals surface area contributed by atoms with Crippen molar-refractivity contribution in [2.75, 3.05) is 4.90 Å². The standard InChI is InChI=1S/C50H39N/c1-49(2)44-29-17-27-42-45(51(36-22-11-5-12-23-36)37-24-13-6-14-25-37)33-32-39(46(42)44)41-31-30-40-38-26-15-16-28-43(38)50(48(40)47(41)49,34-18-7-3-8-19-34)35-20-9-4-10-21-35/h3,5-9,11-33H,4,10H2,1-2H3. The average molecular weight is 654 g/mol. The number of benzene rings is 7. The highest BCUT2D eigenvalue weighted by molar-refractivity contribution is 6.11. The lowest BCUT2D eigenvalue weighted by Crippen LogP contribution is -2.35. The van der Waals surface area contributed by atoms with Crippen molar-refractivity contribution in [2.24, 2.45) is 0 Å². The Labute approximate surface area is 300 Å². The fourth-order valence-corrected chi connectivity index (χ4v) is 9.66. The van der Waals surface area contributed by atoms with Crippen molar-refractivity contribution in [2.45, 2.75) is 37.5 Å². The molecule has 0 heterocycles. The molecular formula is C50H39N. The highest BCUT2D eigenvalue weighted by atomic mass is 15.1. The van der Waals surface area contributed by atoms with Crippen LogP contribution in [0.3, 0.4) is 0 Å². The van der Waals surface area contributed by atoms with E-state index in [2.05, 4.69) is 195 Å². The van der Waals surface area contributed by atoms with Crippen LogP contribution in [0.25, 0.3) is 33.0 Å². The molecule has 51 heavy (non-hydrogen) atoms. The monoisotopic (exact) mass is 653 g/mol. The lowest BCUT2D eigenvalue weighted by Gasteiger charge is -2.43. The quantitative estimate of drug-likeness (QED) is 0.179. The third kappa shape index (κ3) is 4.15. The third-order valence-corrected chi connectivity index (χ3v) is 11.7. The number of rotatable bonds is 5. The van der Waals surface area contributed by atoms with Crippen LogP contribution in [0.5, 0.6) is 0 Å². The Bertz CT molecular complexity index is 2500. The maximum absolute atomic E-state index is 2.51. The molecule has 244 valence electrons. The van der Waals surface area contributed by atoms with Gasteiger partial charge in [-0.1, -0.05) is 159 Å². The summed E-state index contributed by atoms with van der Waals surface area (Å²) in [6.07, 6.45) is 9.45. The Kier molecular flexibility index (Phi) is 6.64. The molecule has 0 saturated heterocycles.